The lowest BCUT2D eigenvalue weighted by Crippen LogP contribution is -2.47. The summed E-state index contributed by atoms with van der Waals surface area (Å²) >= 11 is 2.08. The molecule has 3 atom stereocenters. The fourth-order valence-corrected chi connectivity index (χ4v) is 3.17. The van der Waals surface area contributed by atoms with Crippen LogP contribution in [0, 0.1) is 15.4 Å². The van der Waals surface area contributed by atoms with E-state index >= 15 is 0 Å². The zero-order chi connectivity index (χ0) is 12.6. The number of rotatable bonds is 1. The fourth-order valence-electron chi connectivity index (χ4n) is 2.57. The zero-order valence-corrected chi connectivity index (χ0v) is 12.6. The molecule has 17 heavy (non-hydrogen) atoms. The van der Waals surface area contributed by atoms with Crippen molar-refractivity contribution in [1.82, 2.24) is 9.97 Å². The van der Waals surface area contributed by atoms with Crippen molar-refractivity contribution in [3.8, 4) is 0 Å². The molecular weight excluding hydrogens is 329 g/mol. The molecule has 1 aromatic heterocycles. The number of hydrogen-bond acceptors (Lipinski definition) is 3. The highest BCUT2D eigenvalue weighted by Gasteiger charge is 2.30. The second-order valence-corrected chi connectivity index (χ2v) is 6.16. The molecule has 1 aromatic rings. The second kappa shape index (κ2) is 4.96. The van der Waals surface area contributed by atoms with Gasteiger partial charge in [0.2, 0.25) is 0 Å². The summed E-state index contributed by atoms with van der Waals surface area (Å²) in [5.74, 6) is 2.12. The predicted octanol–water partition coefficient (Wildman–Crippen LogP) is 2.25. The average Bonchev–Trinajstić information content (AvgIpc) is 2.27. The Morgan fingerprint density at radius 1 is 1.47 bits per heavy atom. The first-order valence-electron chi connectivity index (χ1n) is 6.00. The summed E-state index contributed by atoms with van der Waals surface area (Å²) in [7, 11) is 0. The van der Waals surface area contributed by atoms with Gasteiger partial charge >= 0.3 is 0 Å². The molecule has 1 saturated heterocycles. The van der Waals surface area contributed by atoms with Crippen LogP contribution in [0.2, 0.25) is 0 Å². The van der Waals surface area contributed by atoms with Crippen LogP contribution in [0.1, 0.15) is 27.2 Å². The third kappa shape index (κ3) is 2.48. The third-order valence-electron chi connectivity index (χ3n) is 3.65. The minimum absolute atomic E-state index is 0.0475. The molecule has 1 aliphatic rings. The van der Waals surface area contributed by atoms with E-state index < -0.39 is 0 Å². The molecule has 0 amide bonds. The highest BCUT2D eigenvalue weighted by molar-refractivity contribution is 14.1. The van der Waals surface area contributed by atoms with E-state index in [0.717, 1.165) is 12.4 Å². The van der Waals surface area contributed by atoms with Gasteiger partial charge in [0.1, 0.15) is 9.39 Å². The van der Waals surface area contributed by atoms with E-state index in [-0.39, 0.29) is 5.56 Å². The van der Waals surface area contributed by atoms with Gasteiger partial charge in [-0.15, -0.1) is 0 Å². The number of anilines is 1. The lowest BCUT2D eigenvalue weighted by atomic mass is 9.86. The third-order valence-corrected chi connectivity index (χ3v) is 4.62. The van der Waals surface area contributed by atoms with Crippen molar-refractivity contribution in [3.05, 3.63) is 20.3 Å². The smallest absolute Gasteiger partial charge is 0.266 e. The normalized spacial score (nSPS) is 29.4. The van der Waals surface area contributed by atoms with Crippen LogP contribution in [0.5, 0.6) is 0 Å². The van der Waals surface area contributed by atoms with Gasteiger partial charge in [-0.3, -0.25) is 4.79 Å². The molecule has 0 spiro atoms. The van der Waals surface area contributed by atoms with E-state index in [1.165, 1.54) is 12.7 Å². The van der Waals surface area contributed by atoms with E-state index in [2.05, 4.69) is 58.2 Å². The van der Waals surface area contributed by atoms with Crippen LogP contribution in [0.25, 0.3) is 0 Å². The van der Waals surface area contributed by atoms with Crippen LogP contribution in [-0.4, -0.2) is 22.6 Å². The lowest BCUT2D eigenvalue weighted by molar-refractivity contribution is 0.295. The quantitative estimate of drug-likeness (QED) is 0.793. The van der Waals surface area contributed by atoms with Crippen LogP contribution in [-0.2, 0) is 0 Å². The molecular formula is C12H18IN3O. The largest absolute Gasteiger partial charge is 0.352 e. The maximum atomic E-state index is 11.6. The summed E-state index contributed by atoms with van der Waals surface area (Å²) in [5.41, 5.74) is -0.0475. The van der Waals surface area contributed by atoms with E-state index in [1.807, 2.05) is 0 Å². The highest BCUT2D eigenvalue weighted by atomic mass is 127. The molecule has 0 aliphatic carbocycles. The standard InChI is InChI=1S/C12H18IN3O/c1-7-4-8(2)9(3)16(5-7)11-10(13)12(17)15-6-14-11/h6-9H,4-5H2,1-3H3,(H,14,15,17). The Balaban J connectivity index is 2.38. The van der Waals surface area contributed by atoms with Crippen LogP contribution >= 0.6 is 22.6 Å². The van der Waals surface area contributed by atoms with Crippen LogP contribution in [0.15, 0.2) is 11.1 Å². The molecule has 2 rings (SSSR count). The van der Waals surface area contributed by atoms with Crippen LogP contribution in [0.4, 0.5) is 5.82 Å². The number of aromatic amines is 1. The summed E-state index contributed by atoms with van der Waals surface area (Å²) in [4.78, 5) is 20.9. The molecule has 5 heteroatoms. The maximum Gasteiger partial charge on any atom is 0.266 e. The number of hydrogen-bond donors (Lipinski definition) is 1. The second-order valence-electron chi connectivity index (χ2n) is 5.08. The van der Waals surface area contributed by atoms with Gasteiger partial charge in [-0.1, -0.05) is 13.8 Å². The van der Waals surface area contributed by atoms with E-state index in [0.29, 0.717) is 21.4 Å². The molecule has 1 fully saturated rings. The fraction of sp³-hybridized carbons (Fsp3) is 0.667. The summed E-state index contributed by atoms with van der Waals surface area (Å²) in [5, 5.41) is 0. The molecule has 0 aromatic carbocycles. The minimum atomic E-state index is -0.0475. The maximum absolute atomic E-state index is 11.6. The van der Waals surface area contributed by atoms with E-state index in [9.17, 15) is 4.79 Å². The zero-order valence-electron chi connectivity index (χ0n) is 10.4. The summed E-state index contributed by atoms with van der Waals surface area (Å²) < 4.78 is 0.693. The first-order chi connectivity index (χ1) is 8.00. The summed E-state index contributed by atoms with van der Waals surface area (Å²) in [6.07, 6.45) is 2.74. The monoisotopic (exact) mass is 347 g/mol. The SMILES string of the molecule is CC1CC(C)C(C)N(c2nc[nH]c(=O)c2I)C1. The van der Waals surface area contributed by atoms with E-state index in [1.54, 1.807) is 0 Å². The number of halogens is 1. The van der Waals surface area contributed by atoms with Gasteiger partial charge in [0.05, 0.1) is 6.33 Å². The molecule has 1 aliphatic heterocycles. The Morgan fingerprint density at radius 2 is 2.18 bits per heavy atom. The van der Waals surface area contributed by atoms with Crippen LogP contribution < -0.4 is 10.5 Å². The van der Waals surface area contributed by atoms with Crippen molar-refractivity contribution < 1.29 is 0 Å². The van der Waals surface area contributed by atoms with Crippen molar-refractivity contribution in [2.45, 2.75) is 33.2 Å². The first kappa shape index (κ1) is 12.9. The molecule has 0 radical (unpaired) electrons. The Labute approximate surface area is 115 Å². The number of nitrogens with one attached hydrogen (secondary N) is 1. The molecule has 3 unspecified atom stereocenters. The molecule has 94 valence electrons. The minimum Gasteiger partial charge on any atom is -0.352 e. The molecule has 2 heterocycles. The Bertz CT molecular complexity index is 459. The lowest BCUT2D eigenvalue weighted by Gasteiger charge is -2.42. The van der Waals surface area contributed by atoms with E-state index in [4.69, 9.17) is 0 Å². The summed E-state index contributed by atoms with van der Waals surface area (Å²) in [6, 6.07) is 0.439. The Kier molecular flexibility index (Phi) is 3.75. The van der Waals surface area contributed by atoms with Gasteiger partial charge in [0.15, 0.2) is 0 Å². The van der Waals surface area contributed by atoms with Gasteiger partial charge < -0.3 is 9.88 Å². The van der Waals surface area contributed by atoms with Crippen molar-refractivity contribution in [2.75, 3.05) is 11.4 Å². The van der Waals surface area contributed by atoms with Crippen molar-refractivity contribution in [2.24, 2.45) is 11.8 Å². The van der Waals surface area contributed by atoms with Crippen molar-refractivity contribution in [1.29, 1.82) is 0 Å². The van der Waals surface area contributed by atoms with Gasteiger partial charge in [0, 0.05) is 12.6 Å². The number of nitrogens with zero attached hydrogens (tertiary/aromatic N) is 2. The van der Waals surface area contributed by atoms with Gasteiger partial charge in [-0.2, -0.15) is 0 Å². The number of piperidine rings is 1. The number of H-pyrrole nitrogens is 1. The molecule has 0 saturated carbocycles. The Morgan fingerprint density at radius 3 is 2.88 bits per heavy atom. The topological polar surface area (TPSA) is 49.0 Å². The highest BCUT2D eigenvalue weighted by Crippen LogP contribution is 2.31. The predicted molar refractivity (Wildman–Crippen MR) is 77.3 cm³/mol. The summed E-state index contributed by atoms with van der Waals surface area (Å²) in [6.45, 7) is 7.73. The first-order valence-corrected chi connectivity index (χ1v) is 7.08. The van der Waals surface area contributed by atoms with Gasteiger partial charge in [0.25, 0.3) is 5.56 Å². The number of aromatic nitrogens is 2. The molecule has 4 nitrogen and oxygen atoms in total. The van der Waals surface area contributed by atoms with Gasteiger partial charge in [-0.05, 0) is 47.8 Å². The molecule has 0 bridgehead atoms. The average molecular weight is 347 g/mol. The van der Waals surface area contributed by atoms with Crippen LogP contribution in [0.3, 0.4) is 0 Å². The van der Waals surface area contributed by atoms with Gasteiger partial charge in [-0.25, -0.2) is 4.98 Å². The Hall–Kier alpha value is -0.590. The van der Waals surface area contributed by atoms with Crippen molar-refractivity contribution in [3.63, 3.8) is 0 Å². The molecule has 1 N–H and O–H groups in total. The van der Waals surface area contributed by atoms with Crippen molar-refractivity contribution >= 4 is 28.4 Å².